The highest BCUT2D eigenvalue weighted by atomic mass is 35.5. The minimum Gasteiger partial charge on any atom is -0.496 e. The summed E-state index contributed by atoms with van der Waals surface area (Å²) in [6, 6.07) is 2.92. The Hall–Kier alpha value is -1.75. The highest BCUT2D eigenvalue weighted by Crippen LogP contribution is 2.33. The molecule has 18 heavy (non-hydrogen) atoms. The maximum atomic E-state index is 11.9. The summed E-state index contributed by atoms with van der Waals surface area (Å²) >= 11 is 5.90. The number of halogens is 1. The summed E-state index contributed by atoms with van der Waals surface area (Å²) in [7, 11) is 2.84. The Kier molecular flexibility index (Phi) is 4.97. The zero-order valence-electron chi connectivity index (χ0n) is 10.0. The van der Waals surface area contributed by atoms with Gasteiger partial charge in [0, 0.05) is 12.5 Å². The van der Waals surface area contributed by atoms with Crippen LogP contribution in [0.25, 0.3) is 0 Å². The van der Waals surface area contributed by atoms with Crippen LogP contribution in [0.3, 0.4) is 0 Å². The molecule has 0 heterocycles. The number of hydrogen-bond acceptors (Lipinski definition) is 4. The molecule has 0 saturated carbocycles. The summed E-state index contributed by atoms with van der Waals surface area (Å²) in [5, 5.41) is 8.87. The average Bonchev–Trinajstić information content (AvgIpc) is 2.35. The Morgan fingerprint density at radius 3 is 2.28 bits per heavy atom. The standard InChI is InChI=1S/C12H13ClO5/c1-17-10-6-8(13)11(18-2)5-7(10)9(14)3-4-12(15)16/h5-6H,3-4H2,1-2H3,(H,15,16). The van der Waals surface area contributed by atoms with Gasteiger partial charge in [0.05, 0.1) is 31.2 Å². The molecular formula is C12H13ClO5. The fraction of sp³-hybridized carbons (Fsp3) is 0.333. The maximum Gasteiger partial charge on any atom is 0.303 e. The normalized spacial score (nSPS) is 9.94. The van der Waals surface area contributed by atoms with Gasteiger partial charge in [-0.3, -0.25) is 9.59 Å². The summed E-state index contributed by atoms with van der Waals surface area (Å²) in [5.74, 6) is -0.709. The minimum absolute atomic E-state index is 0.101. The van der Waals surface area contributed by atoms with Crippen molar-refractivity contribution in [3.05, 3.63) is 22.7 Å². The van der Waals surface area contributed by atoms with Gasteiger partial charge in [0.15, 0.2) is 5.78 Å². The SMILES string of the molecule is COc1cc(C(=O)CCC(=O)O)c(OC)cc1Cl. The molecule has 0 aliphatic carbocycles. The lowest BCUT2D eigenvalue weighted by Crippen LogP contribution is -2.06. The van der Waals surface area contributed by atoms with Gasteiger partial charge in [0.2, 0.25) is 0 Å². The summed E-state index contributed by atoms with van der Waals surface area (Å²) in [4.78, 5) is 22.3. The first-order valence-electron chi connectivity index (χ1n) is 5.16. The molecule has 0 bridgehead atoms. The van der Waals surface area contributed by atoms with Gasteiger partial charge in [-0.2, -0.15) is 0 Å². The first-order chi connectivity index (χ1) is 8.49. The van der Waals surface area contributed by atoms with E-state index >= 15 is 0 Å². The highest BCUT2D eigenvalue weighted by molar-refractivity contribution is 6.32. The van der Waals surface area contributed by atoms with Crippen LogP contribution in [0.2, 0.25) is 5.02 Å². The summed E-state index contributed by atoms with van der Waals surface area (Å²) in [5.41, 5.74) is 0.264. The number of rotatable bonds is 6. The molecule has 0 saturated heterocycles. The molecule has 0 fully saturated rings. The van der Waals surface area contributed by atoms with Crippen molar-refractivity contribution < 1.29 is 24.2 Å². The Labute approximate surface area is 109 Å². The topological polar surface area (TPSA) is 72.8 Å². The number of carboxylic acids is 1. The fourth-order valence-corrected chi connectivity index (χ4v) is 1.66. The third kappa shape index (κ3) is 3.37. The van der Waals surface area contributed by atoms with Crippen LogP contribution in [0.5, 0.6) is 11.5 Å². The van der Waals surface area contributed by atoms with Crippen molar-refractivity contribution in [1.29, 1.82) is 0 Å². The van der Waals surface area contributed by atoms with Gasteiger partial charge in [-0.1, -0.05) is 11.6 Å². The lowest BCUT2D eigenvalue weighted by Gasteiger charge is -2.10. The first kappa shape index (κ1) is 14.3. The zero-order valence-corrected chi connectivity index (χ0v) is 10.8. The molecule has 5 nitrogen and oxygen atoms in total. The first-order valence-corrected chi connectivity index (χ1v) is 5.54. The van der Waals surface area contributed by atoms with E-state index < -0.39 is 5.97 Å². The molecule has 0 aliphatic heterocycles. The maximum absolute atomic E-state index is 11.9. The monoisotopic (exact) mass is 272 g/mol. The molecule has 1 rings (SSSR count). The minimum atomic E-state index is -1.02. The molecule has 0 unspecified atom stereocenters. The van der Waals surface area contributed by atoms with Crippen LogP contribution in [0.15, 0.2) is 12.1 Å². The number of hydrogen-bond donors (Lipinski definition) is 1. The Morgan fingerprint density at radius 1 is 1.17 bits per heavy atom. The highest BCUT2D eigenvalue weighted by Gasteiger charge is 2.17. The number of ether oxygens (including phenoxy) is 2. The summed E-state index contributed by atoms with van der Waals surface area (Å²) in [6.45, 7) is 0. The number of carbonyl (C=O) groups excluding carboxylic acids is 1. The fourth-order valence-electron chi connectivity index (χ4n) is 1.43. The second-order valence-electron chi connectivity index (χ2n) is 3.50. The van der Waals surface area contributed by atoms with Gasteiger partial charge in [-0.15, -0.1) is 0 Å². The van der Waals surface area contributed by atoms with Gasteiger partial charge >= 0.3 is 5.97 Å². The molecule has 0 amide bonds. The summed E-state index contributed by atoms with van der Waals surface area (Å²) in [6.07, 6.45) is -0.330. The number of carboxylic acid groups (broad SMARTS) is 1. The molecule has 98 valence electrons. The average molecular weight is 273 g/mol. The van der Waals surface area contributed by atoms with Crippen molar-refractivity contribution in [2.24, 2.45) is 0 Å². The number of benzene rings is 1. The van der Waals surface area contributed by atoms with Crippen molar-refractivity contribution in [1.82, 2.24) is 0 Å². The molecule has 0 aromatic heterocycles. The zero-order chi connectivity index (χ0) is 13.7. The van der Waals surface area contributed by atoms with Crippen LogP contribution in [0.4, 0.5) is 0 Å². The van der Waals surface area contributed by atoms with E-state index in [4.69, 9.17) is 26.2 Å². The van der Waals surface area contributed by atoms with Gasteiger partial charge in [0.25, 0.3) is 0 Å². The molecule has 0 spiro atoms. The van der Waals surface area contributed by atoms with Crippen LogP contribution in [-0.2, 0) is 4.79 Å². The second kappa shape index (κ2) is 6.26. The quantitative estimate of drug-likeness (QED) is 0.805. The molecule has 1 aromatic carbocycles. The lowest BCUT2D eigenvalue weighted by molar-refractivity contribution is -0.136. The van der Waals surface area contributed by atoms with Crippen LogP contribution in [0.1, 0.15) is 23.2 Å². The van der Waals surface area contributed by atoms with Crippen molar-refractivity contribution in [2.45, 2.75) is 12.8 Å². The van der Waals surface area contributed by atoms with E-state index in [0.29, 0.717) is 16.5 Å². The molecular weight excluding hydrogens is 260 g/mol. The number of Topliss-reactive ketones (excluding diaryl/α,β-unsaturated/α-hetero) is 1. The van der Waals surface area contributed by atoms with Gasteiger partial charge < -0.3 is 14.6 Å². The second-order valence-corrected chi connectivity index (χ2v) is 3.91. The smallest absolute Gasteiger partial charge is 0.303 e. The van der Waals surface area contributed by atoms with Crippen LogP contribution < -0.4 is 9.47 Å². The van der Waals surface area contributed by atoms with E-state index in [1.165, 1.54) is 26.4 Å². The van der Waals surface area contributed by atoms with Crippen molar-refractivity contribution >= 4 is 23.4 Å². The number of aliphatic carboxylic acids is 1. The van der Waals surface area contributed by atoms with E-state index in [1.807, 2.05) is 0 Å². The number of ketones is 1. The largest absolute Gasteiger partial charge is 0.496 e. The molecule has 0 aliphatic rings. The molecule has 6 heteroatoms. The number of carbonyl (C=O) groups is 2. The van der Waals surface area contributed by atoms with Gasteiger partial charge in [-0.05, 0) is 6.07 Å². The molecule has 1 aromatic rings. The van der Waals surface area contributed by atoms with Crippen molar-refractivity contribution in [3.8, 4) is 11.5 Å². The Morgan fingerprint density at radius 2 is 1.78 bits per heavy atom. The van der Waals surface area contributed by atoms with Gasteiger partial charge in [-0.25, -0.2) is 0 Å². The predicted molar refractivity (Wildman–Crippen MR) is 65.8 cm³/mol. The predicted octanol–water partition coefficient (Wildman–Crippen LogP) is 2.40. The van der Waals surface area contributed by atoms with Crippen LogP contribution in [0, 0.1) is 0 Å². The Bertz CT molecular complexity index is 470. The van der Waals surface area contributed by atoms with Crippen LogP contribution >= 0.6 is 11.6 Å². The Balaban J connectivity index is 3.05. The molecule has 0 radical (unpaired) electrons. The van der Waals surface area contributed by atoms with E-state index in [0.717, 1.165) is 0 Å². The van der Waals surface area contributed by atoms with Crippen molar-refractivity contribution in [3.63, 3.8) is 0 Å². The van der Waals surface area contributed by atoms with Crippen LogP contribution in [-0.4, -0.2) is 31.1 Å². The van der Waals surface area contributed by atoms with E-state index in [2.05, 4.69) is 0 Å². The van der Waals surface area contributed by atoms with Crippen molar-refractivity contribution in [2.75, 3.05) is 14.2 Å². The van der Waals surface area contributed by atoms with E-state index in [1.54, 1.807) is 0 Å². The molecule has 1 N–H and O–H groups in total. The molecule has 0 atom stereocenters. The van der Waals surface area contributed by atoms with E-state index in [-0.39, 0.29) is 24.2 Å². The van der Waals surface area contributed by atoms with Gasteiger partial charge in [0.1, 0.15) is 11.5 Å². The number of methoxy groups -OCH3 is 2. The van der Waals surface area contributed by atoms with E-state index in [9.17, 15) is 9.59 Å². The lowest BCUT2D eigenvalue weighted by atomic mass is 10.1. The summed E-state index contributed by atoms with van der Waals surface area (Å²) < 4.78 is 10.1. The third-order valence-electron chi connectivity index (χ3n) is 2.34. The third-order valence-corrected chi connectivity index (χ3v) is 2.64.